The summed E-state index contributed by atoms with van der Waals surface area (Å²) in [5.74, 6) is -3.49. The van der Waals surface area contributed by atoms with Crippen LogP contribution in [-0.4, -0.2) is 45.3 Å². The zero-order chi connectivity index (χ0) is 25.9. The van der Waals surface area contributed by atoms with Crippen LogP contribution < -0.4 is 11.1 Å². The molecule has 1 aliphatic rings. The van der Waals surface area contributed by atoms with Gasteiger partial charge in [-0.05, 0) is 51.0 Å². The third-order valence-electron chi connectivity index (χ3n) is 5.40. The zero-order valence-electron chi connectivity index (χ0n) is 19.8. The number of rotatable bonds is 9. The third-order valence-corrected chi connectivity index (χ3v) is 5.40. The number of carbonyl (C=O) groups is 4. The predicted octanol–water partition coefficient (Wildman–Crippen LogP) is 2.50. The van der Waals surface area contributed by atoms with Gasteiger partial charge in [-0.25, -0.2) is 4.39 Å². The molecule has 2 aromatic carbocycles. The number of imide groups is 1. The Labute approximate surface area is 202 Å². The van der Waals surface area contributed by atoms with E-state index in [4.69, 9.17) is 15.6 Å². The van der Waals surface area contributed by atoms with Crippen molar-refractivity contribution < 1.29 is 33.4 Å². The second-order valence-corrected chi connectivity index (χ2v) is 9.19. The van der Waals surface area contributed by atoms with Crippen LogP contribution in [-0.2, 0) is 27.5 Å². The molecule has 0 aliphatic carbocycles. The molecule has 186 valence electrons. The van der Waals surface area contributed by atoms with Gasteiger partial charge in [0.05, 0.1) is 17.7 Å². The fourth-order valence-corrected chi connectivity index (χ4v) is 3.80. The van der Waals surface area contributed by atoms with Crippen molar-refractivity contribution in [3.05, 3.63) is 64.5 Å². The topological polar surface area (TPSA) is 139 Å². The van der Waals surface area contributed by atoms with Gasteiger partial charge in [0.25, 0.3) is 11.8 Å². The second kappa shape index (κ2) is 10.2. The number of aliphatic hydroxyl groups excluding tert-OH is 1. The minimum absolute atomic E-state index is 0.00730. The number of esters is 1. The molecular formula is C25H28FN3O6. The molecule has 35 heavy (non-hydrogen) atoms. The molecule has 0 unspecified atom stereocenters. The average molecular weight is 486 g/mol. The number of amides is 3. The van der Waals surface area contributed by atoms with Crippen molar-refractivity contribution in [3.8, 4) is 0 Å². The SMILES string of the molecule is CC(C)(C)OC(=O)CC[C@@H](C(N)=O)N1C(=O)c2cccc(NCc3ccc(CO)cc3F)c2C1=O. The van der Waals surface area contributed by atoms with Gasteiger partial charge in [-0.3, -0.25) is 24.1 Å². The largest absolute Gasteiger partial charge is 0.460 e. The van der Waals surface area contributed by atoms with E-state index in [9.17, 15) is 23.6 Å². The van der Waals surface area contributed by atoms with Crippen LogP contribution in [0.3, 0.4) is 0 Å². The van der Waals surface area contributed by atoms with Gasteiger partial charge in [-0.15, -0.1) is 0 Å². The molecule has 2 aromatic rings. The van der Waals surface area contributed by atoms with E-state index in [0.29, 0.717) is 11.1 Å². The molecule has 3 rings (SSSR count). The van der Waals surface area contributed by atoms with Crippen LogP contribution in [0.4, 0.5) is 10.1 Å². The molecule has 0 saturated carbocycles. The van der Waals surface area contributed by atoms with Gasteiger partial charge in [0.1, 0.15) is 17.5 Å². The summed E-state index contributed by atoms with van der Waals surface area (Å²) < 4.78 is 19.5. The molecule has 1 aliphatic heterocycles. The minimum Gasteiger partial charge on any atom is -0.460 e. The number of nitrogens with one attached hydrogen (secondary N) is 1. The first-order chi connectivity index (χ1) is 16.4. The van der Waals surface area contributed by atoms with Crippen molar-refractivity contribution in [1.29, 1.82) is 0 Å². The highest BCUT2D eigenvalue weighted by atomic mass is 19.1. The number of primary amides is 1. The summed E-state index contributed by atoms with van der Waals surface area (Å²) in [6.45, 7) is 4.80. The fraction of sp³-hybridized carbons (Fsp3) is 0.360. The third kappa shape index (κ3) is 5.83. The molecular weight excluding hydrogens is 457 g/mol. The summed E-state index contributed by atoms with van der Waals surface area (Å²) in [5.41, 5.74) is 5.86. The summed E-state index contributed by atoms with van der Waals surface area (Å²) in [6, 6.07) is 7.53. The molecule has 10 heteroatoms. The Bertz CT molecular complexity index is 1170. The van der Waals surface area contributed by atoms with Gasteiger partial charge >= 0.3 is 5.97 Å². The highest BCUT2D eigenvalue weighted by Gasteiger charge is 2.43. The van der Waals surface area contributed by atoms with Crippen LogP contribution in [0.15, 0.2) is 36.4 Å². The second-order valence-electron chi connectivity index (χ2n) is 9.19. The van der Waals surface area contributed by atoms with E-state index in [-0.39, 0.29) is 42.8 Å². The Balaban J connectivity index is 1.80. The molecule has 1 heterocycles. The number of fused-ring (bicyclic) bond motifs is 1. The smallest absolute Gasteiger partial charge is 0.306 e. The number of nitrogens with two attached hydrogens (primary N) is 1. The highest BCUT2D eigenvalue weighted by molar-refractivity contribution is 6.25. The molecule has 3 amide bonds. The van der Waals surface area contributed by atoms with Crippen LogP contribution in [0.5, 0.6) is 0 Å². The quantitative estimate of drug-likeness (QED) is 0.366. The van der Waals surface area contributed by atoms with Crippen LogP contribution >= 0.6 is 0 Å². The average Bonchev–Trinajstić information content (AvgIpc) is 3.02. The van der Waals surface area contributed by atoms with E-state index in [1.165, 1.54) is 18.2 Å². The van der Waals surface area contributed by atoms with Crippen LogP contribution in [0.1, 0.15) is 65.5 Å². The number of nitrogens with zero attached hydrogens (tertiary/aromatic N) is 1. The van der Waals surface area contributed by atoms with Crippen molar-refractivity contribution in [2.24, 2.45) is 5.73 Å². The number of benzene rings is 2. The predicted molar refractivity (Wildman–Crippen MR) is 125 cm³/mol. The van der Waals surface area contributed by atoms with Gasteiger partial charge in [0, 0.05) is 24.2 Å². The summed E-state index contributed by atoms with van der Waals surface area (Å²) in [6.07, 6.45) is -0.395. The molecule has 0 spiro atoms. The first-order valence-corrected chi connectivity index (χ1v) is 11.1. The fourth-order valence-electron chi connectivity index (χ4n) is 3.80. The standard InChI is InChI=1S/C25H28FN3O6/c1-25(2,3)35-20(31)10-9-19(22(27)32)29-23(33)16-5-4-6-18(21(16)24(29)34)28-12-15-8-7-14(13-30)11-17(15)26/h4-8,11,19,28,30H,9-10,12-13H2,1-3H3,(H2,27,32)/t19-/m0/s1. The number of anilines is 1. The Morgan fingerprint density at radius 2 is 1.89 bits per heavy atom. The van der Waals surface area contributed by atoms with Crippen molar-refractivity contribution in [3.63, 3.8) is 0 Å². The number of hydrogen-bond donors (Lipinski definition) is 3. The molecule has 0 fully saturated rings. The van der Waals surface area contributed by atoms with Crippen LogP contribution in [0.2, 0.25) is 0 Å². The maximum absolute atomic E-state index is 14.3. The number of halogens is 1. The number of ether oxygens (including phenoxy) is 1. The Kier molecular flexibility index (Phi) is 7.54. The van der Waals surface area contributed by atoms with Crippen molar-refractivity contribution in [2.75, 3.05) is 5.32 Å². The van der Waals surface area contributed by atoms with Gasteiger partial charge < -0.3 is 20.9 Å². The van der Waals surface area contributed by atoms with Gasteiger partial charge in [0.2, 0.25) is 5.91 Å². The number of aliphatic hydroxyl groups is 1. The maximum Gasteiger partial charge on any atom is 0.306 e. The lowest BCUT2D eigenvalue weighted by atomic mass is 10.1. The van der Waals surface area contributed by atoms with Gasteiger partial charge in [-0.1, -0.05) is 18.2 Å². The lowest BCUT2D eigenvalue weighted by Gasteiger charge is -2.24. The molecule has 1 atom stereocenters. The molecule has 4 N–H and O–H groups in total. The molecule has 0 radical (unpaired) electrons. The lowest BCUT2D eigenvalue weighted by molar-refractivity contribution is -0.155. The first-order valence-electron chi connectivity index (χ1n) is 11.1. The van der Waals surface area contributed by atoms with Crippen molar-refractivity contribution in [1.82, 2.24) is 4.90 Å². The van der Waals surface area contributed by atoms with E-state index in [1.807, 2.05) is 0 Å². The van der Waals surface area contributed by atoms with Gasteiger partial charge in [-0.2, -0.15) is 0 Å². The molecule has 0 bridgehead atoms. The number of carbonyl (C=O) groups excluding carboxylic acids is 4. The van der Waals surface area contributed by atoms with E-state index in [2.05, 4.69) is 5.32 Å². The first kappa shape index (κ1) is 25.8. The molecule has 0 saturated heterocycles. The summed E-state index contributed by atoms with van der Waals surface area (Å²) in [7, 11) is 0. The summed E-state index contributed by atoms with van der Waals surface area (Å²) >= 11 is 0. The lowest BCUT2D eigenvalue weighted by Crippen LogP contribution is -2.48. The maximum atomic E-state index is 14.3. The van der Waals surface area contributed by atoms with Crippen molar-refractivity contribution >= 4 is 29.4 Å². The molecule has 0 aromatic heterocycles. The van der Waals surface area contributed by atoms with Crippen LogP contribution in [0, 0.1) is 5.82 Å². The van der Waals surface area contributed by atoms with E-state index in [0.717, 1.165) is 4.90 Å². The minimum atomic E-state index is -1.34. The normalized spacial score (nSPS) is 14.0. The Hall–Kier alpha value is -3.79. The monoisotopic (exact) mass is 485 g/mol. The van der Waals surface area contributed by atoms with Crippen LogP contribution in [0.25, 0.3) is 0 Å². The zero-order valence-corrected chi connectivity index (χ0v) is 19.8. The van der Waals surface area contributed by atoms with Gasteiger partial charge in [0.15, 0.2) is 0 Å². The molecule has 9 nitrogen and oxygen atoms in total. The Morgan fingerprint density at radius 3 is 2.49 bits per heavy atom. The number of hydrogen-bond acceptors (Lipinski definition) is 7. The van der Waals surface area contributed by atoms with E-state index < -0.39 is 41.2 Å². The highest BCUT2D eigenvalue weighted by Crippen LogP contribution is 2.32. The van der Waals surface area contributed by atoms with Crippen molar-refractivity contribution in [2.45, 2.75) is 58.4 Å². The Morgan fingerprint density at radius 1 is 1.17 bits per heavy atom. The van der Waals surface area contributed by atoms with E-state index >= 15 is 0 Å². The summed E-state index contributed by atoms with van der Waals surface area (Å²) in [5, 5.41) is 12.1. The summed E-state index contributed by atoms with van der Waals surface area (Å²) in [4.78, 5) is 51.3. The van der Waals surface area contributed by atoms with E-state index in [1.54, 1.807) is 39.0 Å².